The number of halogens is 1. The lowest BCUT2D eigenvalue weighted by molar-refractivity contribution is 0.0199. The normalized spacial score (nSPS) is 19.0. The summed E-state index contributed by atoms with van der Waals surface area (Å²) in [6.07, 6.45) is 2.88. The lowest BCUT2D eigenvalue weighted by atomic mass is 10.2. The summed E-state index contributed by atoms with van der Waals surface area (Å²) in [7, 11) is 0. The number of nitrogens with zero attached hydrogens (tertiary/aromatic N) is 2. The minimum atomic E-state index is 0.0689. The van der Waals surface area contributed by atoms with Crippen LogP contribution in [0.25, 0.3) is 0 Å². The highest BCUT2D eigenvalue weighted by Crippen LogP contribution is 2.17. The van der Waals surface area contributed by atoms with Gasteiger partial charge in [0.2, 0.25) is 0 Å². The molecule has 1 aromatic carbocycles. The minimum absolute atomic E-state index is 0.0689. The van der Waals surface area contributed by atoms with Crippen molar-refractivity contribution in [1.82, 2.24) is 9.88 Å². The van der Waals surface area contributed by atoms with E-state index in [9.17, 15) is 0 Å². The molecule has 2 aromatic rings. The first-order chi connectivity index (χ1) is 11.7. The molecule has 0 spiro atoms. The molecule has 24 heavy (non-hydrogen) atoms. The molecule has 1 aliphatic heterocycles. The average molecular weight is 347 g/mol. The maximum absolute atomic E-state index is 5.96. The lowest BCUT2D eigenvalue weighted by Crippen LogP contribution is -2.35. The van der Waals surface area contributed by atoms with Crippen molar-refractivity contribution >= 4 is 11.6 Å². The van der Waals surface area contributed by atoms with Crippen molar-refractivity contribution in [3.8, 4) is 5.75 Å². The first-order valence-electron chi connectivity index (χ1n) is 8.33. The van der Waals surface area contributed by atoms with Gasteiger partial charge in [-0.05, 0) is 43.2 Å². The van der Waals surface area contributed by atoms with Gasteiger partial charge in [-0.3, -0.25) is 9.88 Å². The fraction of sp³-hybridized carbons (Fsp3) is 0.421. The number of aryl methyl sites for hydroxylation is 1. The molecule has 0 N–H and O–H groups in total. The highest BCUT2D eigenvalue weighted by molar-refractivity contribution is 6.30. The van der Waals surface area contributed by atoms with E-state index in [1.54, 1.807) is 6.20 Å². The molecule has 1 saturated heterocycles. The molecule has 0 bridgehead atoms. The van der Waals surface area contributed by atoms with Crippen LogP contribution in [0.5, 0.6) is 5.75 Å². The summed E-state index contributed by atoms with van der Waals surface area (Å²) in [5, 5.41) is 0.774. The van der Waals surface area contributed by atoms with Crippen LogP contribution >= 0.6 is 11.6 Å². The van der Waals surface area contributed by atoms with E-state index in [4.69, 9.17) is 21.1 Å². The minimum Gasteiger partial charge on any atom is -0.489 e. The van der Waals surface area contributed by atoms with Crippen molar-refractivity contribution in [2.45, 2.75) is 26.0 Å². The van der Waals surface area contributed by atoms with Crippen LogP contribution in [-0.4, -0.2) is 42.3 Å². The predicted octanol–water partition coefficient (Wildman–Crippen LogP) is 3.71. The molecule has 5 heteroatoms. The second kappa shape index (κ2) is 8.47. The quantitative estimate of drug-likeness (QED) is 0.826. The van der Waals surface area contributed by atoms with Gasteiger partial charge in [-0.2, -0.15) is 0 Å². The van der Waals surface area contributed by atoms with Crippen LogP contribution in [0.4, 0.5) is 0 Å². The number of hydrogen-bond donors (Lipinski definition) is 0. The van der Waals surface area contributed by atoms with Crippen LogP contribution in [0.2, 0.25) is 5.02 Å². The number of ether oxygens (including phenoxy) is 2. The Hall–Kier alpha value is -1.62. The smallest absolute Gasteiger partial charge is 0.140 e. The van der Waals surface area contributed by atoms with E-state index >= 15 is 0 Å². The second-order valence-electron chi connectivity index (χ2n) is 6.11. The number of pyridine rings is 1. The maximum Gasteiger partial charge on any atom is 0.140 e. The van der Waals surface area contributed by atoms with E-state index in [-0.39, 0.29) is 6.10 Å². The van der Waals surface area contributed by atoms with Crippen LogP contribution in [0.1, 0.15) is 17.7 Å². The first kappa shape index (κ1) is 17.2. The third kappa shape index (κ3) is 4.94. The predicted molar refractivity (Wildman–Crippen MR) is 95.6 cm³/mol. The monoisotopic (exact) mass is 346 g/mol. The van der Waals surface area contributed by atoms with Gasteiger partial charge < -0.3 is 9.47 Å². The van der Waals surface area contributed by atoms with Crippen LogP contribution in [0, 0.1) is 6.92 Å². The Labute approximate surface area is 148 Å². The Morgan fingerprint density at radius 3 is 2.92 bits per heavy atom. The number of aromatic nitrogens is 1. The molecule has 1 aromatic heterocycles. The molecular formula is C19H23ClN2O2. The van der Waals surface area contributed by atoms with E-state index < -0.39 is 0 Å². The Bertz CT molecular complexity index is 648. The summed E-state index contributed by atoms with van der Waals surface area (Å²) in [6, 6.07) is 11.9. The number of hydrogen-bond acceptors (Lipinski definition) is 4. The van der Waals surface area contributed by atoms with Crippen molar-refractivity contribution in [3.63, 3.8) is 0 Å². The molecule has 0 aliphatic carbocycles. The Morgan fingerprint density at radius 1 is 1.29 bits per heavy atom. The van der Waals surface area contributed by atoms with Crippen molar-refractivity contribution in [2.75, 3.05) is 26.3 Å². The zero-order chi connectivity index (χ0) is 16.8. The van der Waals surface area contributed by atoms with Crippen LogP contribution < -0.4 is 4.74 Å². The summed E-state index contributed by atoms with van der Waals surface area (Å²) in [4.78, 5) is 6.67. The Morgan fingerprint density at radius 2 is 2.12 bits per heavy atom. The van der Waals surface area contributed by atoms with Crippen molar-refractivity contribution in [1.29, 1.82) is 0 Å². The molecule has 1 atom stereocenters. The van der Waals surface area contributed by atoms with Gasteiger partial charge in [-0.25, -0.2) is 0 Å². The standard InChI is InChI=1S/C19H23ClN2O2/c1-15-19(4-2-9-21-15)24-14-18-13-22(10-3-11-23-18)12-16-5-7-17(20)8-6-16/h2,4-9,18H,3,10-14H2,1H3. The molecule has 4 nitrogen and oxygen atoms in total. The van der Waals surface area contributed by atoms with Crippen LogP contribution in [-0.2, 0) is 11.3 Å². The molecule has 1 fully saturated rings. The topological polar surface area (TPSA) is 34.6 Å². The van der Waals surface area contributed by atoms with Crippen LogP contribution in [0.3, 0.4) is 0 Å². The van der Waals surface area contributed by atoms with Gasteiger partial charge in [0.25, 0.3) is 0 Å². The zero-order valence-electron chi connectivity index (χ0n) is 14.0. The molecule has 0 amide bonds. The SMILES string of the molecule is Cc1ncccc1OCC1CN(Cc2ccc(Cl)cc2)CCCO1. The molecular weight excluding hydrogens is 324 g/mol. The zero-order valence-corrected chi connectivity index (χ0v) is 14.7. The molecule has 1 unspecified atom stereocenters. The summed E-state index contributed by atoms with van der Waals surface area (Å²) >= 11 is 5.96. The molecule has 1 aliphatic rings. The van der Waals surface area contributed by atoms with E-state index in [0.29, 0.717) is 6.61 Å². The highest BCUT2D eigenvalue weighted by atomic mass is 35.5. The van der Waals surface area contributed by atoms with E-state index in [1.807, 2.05) is 31.2 Å². The molecule has 0 saturated carbocycles. The van der Waals surface area contributed by atoms with Gasteiger partial charge >= 0.3 is 0 Å². The highest BCUT2D eigenvalue weighted by Gasteiger charge is 2.20. The Kier molecular flexibility index (Phi) is 6.07. The molecule has 128 valence electrons. The number of benzene rings is 1. The second-order valence-corrected chi connectivity index (χ2v) is 6.54. The van der Waals surface area contributed by atoms with Gasteiger partial charge in [0.1, 0.15) is 18.5 Å². The summed E-state index contributed by atoms with van der Waals surface area (Å²) < 4.78 is 11.9. The van der Waals surface area contributed by atoms with Crippen molar-refractivity contribution < 1.29 is 9.47 Å². The van der Waals surface area contributed by atoms with Gasteiger partial charge in [0, 0.05) is 37.5 Å². The van der Waals surface area contributed by atoms with Gasteiger partial charge in [-0.15, -0.1) is 0 Å². The summed E-state index contributed by atoms with van der Waals surface area (Å²) in [6.45, 7) is 6.08. The van der Waals surface area contributed by atoms with Crippen LogP contribution in [0.15, 0.2) is 42.6 Å². The van der Waals surface area contributed by atoms with Gasteiger partial charge in [0.05, 0.1) is 5.69 Å². The Balaban J connectivity index is 1.56. The third-order valence-corrected chi connectivity index (χ3v) is 4.39. The largest absolute Gasteiger partial charge is 0.489 e. The number of rotatable bonds is 5. The van der Waals surface area contributed by atoms with E-state index in [2.05, 4.69) is 22.0 Å². The summed E-state index contributed by atoms with van der Waals surface area (Å²) in [5.74, 6) is 0.828. The van der Waals surface area contributed by atoms with E-state index in [1.165, 1.54) is 5.56 Å². The fourth-order valence-corrected chi connectivity index (χ4v) is 2.99. The molecule has 3 rings (SSSR count). The maximum atomic E-state index is 5.96. The lowest BCUT2D eigenvalue weighted by Gasteiger charge is -2.24. The average Bonchev–Trinajstić information content (AvgIpc) is 2.81. The van der Waals surface area contributed by atoms with E-state index in [0.717, 1.165) is 49.1 Å². The third-order valence-electron chi connectivity index (χ3n) is 4.14. The van der Waals surface area contributed by atoms with Gasteiger partial charge in [-0.1, -0.05) is 23.7 Å². The summed E-state index contributed by atoms with van der Waals surface area (Å²) in [5.41, 5.74) is 2.17. The molecule has 0 radical (unpaired) electrons. The molecule has 2 heterocycles. The van der Waals surface area contributed by atoms with Crippen molar-refractivity contribution in [2.24, 2.45) is 0 Å². The van der Waals surface area contributed by atoms with Crippen molar-refractivity contribution in [3.05, 3.63) is 58.9 Å². The fourth-order valence-electron chi connectivity index (χ4n) is 2.87. The van der Waals surface area contributed by atoms with Gasteiger partial charge in [0.15, 0.2) is 0 Å². The first-order valence-corrected chi connectivity index (χ1v) is 8.71.